The summed E-state index contributed by atoms with van der Waals surface area (Å²) in [5.41, 5.74) is 0.776. The highest BCUT2D eigenvalue weighted by atomic mass is 16.8. The molecule has 3 aliphatic rings. The molecule has 1 aromatic carbocycles. The lowest BCUT2D eigenvalue weighted by atomic mass is 9.91. The Hall–Kier alpha value is -1.38. The van der Waals surface area contributed by atoms with Crippen LogP contribution in [0.3, 0.4) is 0 Å². The van der Waals surface area contributed by atoms with Crippen molar-refractivity contribution < 1.29 is 74.4 Å². The Bertz CT molecular complexity index is 919. The van der Waals surface area contributed by atoms with Crippen molar-refractivity contribution in [3.05, 3.63) is 35.9 Å². The van der Waals surface area contributed by atoms with Gasteiger partial charge < -0.3 is 74.4 Å². The third-order valence-electron chi connectivity index (χ3n) is 7.72. The standard InChI is InChI=1S/C26H40O15/c1-11-13(7-27)37-25(19(33)16(11)30)40-23-15(9-29)39-26(21(35)18(23)32)41-22-14(8-28)38-24(20(34)17(22)31)36-10-12-5-3-2-4-6-12/h2-6,11,13-35H,7-10H2,1H3. The lowest BCUT2D eigenvalue weighted by Gasteiger charge is -2.48. The van der Waals surface area contributed by atoms with E-state index in [4.69, 9.17) is 28.4 Å². The van der Waals surface area contributed by atoms with Crippen LogP contribution >= 0.6 is 0 Å². The number of aliphatic hydroxyl groups is 9. The summed E-state index contributed by atoms with van der Waals surface area (Å²) in [6.45, 7) is -0.320. The van der Waals surface area contributed by atoms with E-state index in [1.807, 2.05) is 6.07 Å². The minimum atomic E-state index is -1.85. The molecule has 3 aliphatic heterocycles. The van der Waals surface area contributed by atoms with Gasteiger partial charge in [-0.2, -0.15) is 0 Å². The molecule has 0 radical (unpaired) electrons. The van der Waals surface area contributed by atoms with Crippen molar-refractivity contribution in [3.8, 4) is 0 Å². The predicted octanol–water partition coefficient (Wildman–Crippen LogP) is -4.07. The molecule has 15 unspecified atom stereocenters. The zero-order chi connectivity index (χ0) is 29.8. The van der Waals surface area contributed by atoms with E-state index in [1.165, 1.54) is 0 Å². The average molecular weight is 593 g/mol. The zero-order valence-corrected chi connectivity index (χ0v) is 22.3. The molecular weight excluding hydrogens is 552 g/mol. The third kappa shape index (κ3) is 7.06. The molecule has 15 nitrogen and oxygen atoms in total. The van der Waals surface area contributed by atoms with E-state index in [0.717, 1.165) is 5.56 Å². The highest BCUT2D eigenvalue weighted by molar-refractivity contribution is 5.13. The van der Waals surface area contributed by atoms with E-state index >= 15 is 0 Å². The van der Waals surface area contributed by atoms with Crippen molar-refractivity contribution in [1.82, 2.24) is 0 Å². The molecule has 9 N–H and O–H groups in total. The quantitative estimate of drug-likeness (QED) is 0.126. The molecule has 3 heterocycles. The molecule has 1 aromatic rings. The lowest BCUT2D eigenvalue weighted by Crippen LogP contribution is -2.66. The molecule has 15 heteroatoms. The normalized spacial score (nSPS) is 45.5. The first-order valence-corrected chi connectivity index (χ1v) is 13.4. The van der Waals surface area contributed by atoms with Crippen LogP contribution in [0.4, 0.5) is 0 Å². The molecule has 15 atom stereocenters. The van der Waals surface area contributed by atoms with E-state index in [9.17, 15) is 46.0 Å². The molecule has 41 heavy (non-hydrogen) atoms. The average Bonchev–Trinajstić information content (AvgIpc) is 2.99. The number of hydrogen-bond acceptors (Lipinski definition) is 15. The second-order valence-corrected chi connectivity index (χ2v) is 10.5. The lowest BCUT2D eigenvalue weighted by molar-refractivity contribution is -0.378. The molecule has 0 aromatic heterocycles. The molecule has 234 valence electrons. The van der Waals surface area contributed by atoms with Gasteiger partial charge in [0.05, 0.1) is 38.6 Å². The largest absolute Gasteiger partial charge is 0.394 e. The smallest absolute Gasteiger partial charge is 0.187 e. The van der Waals surface area contributed by atoms with E-state index in [0.29, 0.717) is 0 Å². The number of aliphatic hydroxyl groups excluding tert-OH is 9. The maximum atomic E-state index is 10.9. The fraction of sp³-hybridized carbons (Fsp3) is 0.769. The molecule has 0 bridgehead atoms. The molecule has 0 amide bonds. The Balaban J connectivity index is 1.41. The molecule has 3 saturated heterocycles. The van der Waals surface area contributed by atoms with Gasteiger partial charge in [-0.15, -0.1) is 0 Å². The van der Waals surface area contributed by atoms with Crippen molar-refractivity contribution >= 4 is 0 Å². The molecule has 0 saturated carbocycles. The summed E-state index contributed by atoms with van der Waals surface area (Å²) in [4.78, 5) is 0. The maximum Gasteiger partial charge on any atom is 0.187 e. The molecule has 3 fully saturated rings. The van der Waals surface area contributed by atoms with Crippen molar-refractivity contribution in [1.29, 1.82) is 0 Å². The van der Waals surface area contributed by atoms with Crippen LogP contribution in [0.5, 0.6) is 0 Å². The van der Waals surface area contributed by atoms with Gasteiger partial charge in [-0.1, -0.05) is 37.3 Å². The summed E-state index contributed by atoms with van der Waals surface area (Å²) in [6, 6.07) is 8.99. The summed E-state index contributed by atoms with van der Waals surface area (Å²) >= 11 is 0. The van der Waals surface area contributed by atoms with Crippen molar-refractivity contribution in [2.24, 2.45) is 5.92 Å². The minimum Gasteiger partial charge on any atom is -0.394 e. The van der Waals surface area contributed by atoms with Crippen LogP contribution in [0.2, 0.25) is 0 Å². The Labute approximate surface area is 236 Å². The van der Waals surface area contributed by atoms with E-state index in [1.54, 1.807) is 31.2 Å². The van der Waals surface area contributed by atoms with Crippen LogP contribution in [0.25, 0.3) is 0 Å². The molecule has 0 aliphatic carbocycles. The number of rotatable bonds is 10. The van der Waals surface area contributed by atoms with Crippen LogP contribution in [-0.2, 0) is 35.0 Å². The first-order chi connectivity index (χ1) is 19.6. The Morgan fingerprint density at radius 2 is 1.02 bits per heavy atom. The van der Waals surface area contributed by atoms with Crippen LogP contribution < -0.4 is 0 Å². The van der Waals surface area contributed by atoms with Crippen LogP contribution in [-0.4, -0.2) is 152 Å². The summed E-state index contributed by atoms with van der Waals surface area (Å²) in [5, 5.41) is 93.1. The zero-order valence-electron chi connectivity index (χ0n) is 22.3. The van der Waals surface area contributed by atoms with Crippen molar-refractivity contribution in [2.75, 3.05) is 19.8 Å². The first-order valence-electron chi connectivity index (χ1n) is 13.4. The van der Waals surface area contributed by atoms with Crippen LogP contribution in [0, 0.1) is 5.92 Å². The number of ether oxygens (including phenoxy) is 6. The van der Waals surface area contributed by atoms with Crippen molar-refractivity contribution in [3.63, 3.8) is 0 Å². The fourth-order valence-electron chi connectivity index (χ4n) is 5.14. The van der Waals surface area contributed by atoms with Gasteiger partial charge in [0.1, 0.15) is 54.9 Å². The molecule has 0 spiro atoms. The van der Waals surface area contributed by atoms with Gasteiger partial charge in [-0.3, -0.25) is 0 Å². The highest BCUT2D eigenvalue weighted by Gasteiger charge is 2.53. The van der Waals surface area contributed by atoms with Crippen LogP contribution in [0.15, 0.2) is 30.3 Å². The van der Waals surface area contributed by atoms with Crippen molar-refractivity contribution in [2.45, 2.75) is 99.5 Å². The molecular formula is C26H40O15. The van der Waals surface area contributed by atoms with E-state index in [2.05, 4.69) is 0 Å². The first kappa shape index (κ1) is 32.5. The predicted molar refractivity (Wildman–Crippen MR) is 133 cm³/mol. The topological polar surface area (TPSA) is 237 Å². The Kier molecular flexibility index (Phi) is 11.4. The van der Waals surface area contributed by atoms with Gasteiger partial charge in [0, 0.05) is 5.92 Å². The highest BCUT2D eigenvalue weighted by Crippen LogP contribution is 2.33. The summed E-state index contributed by atoms with van der Waals surface area (Å²) in [6.07, 6.45) is -20.9. The van der Waals surface area contributed by atoms with Gasteiger partial charge in [-0.25, -0.2) is 0 Å². The number of hydrogen-bond donors (Lipinski definition) is 9. The summed E-state index contributed by atoms with van der Waals surface area (Å²) in [7, 11) is 0. The minimum absolute atomic E-state index is 0.0452. The van der Waals surface area contributed by atoms with Gasteiger partial charge in [0.15, 0.2) is 18.9 Å². The fourth-order valence-corrected chi connectivity index (χ4v) is 5.14. The Morgan fingerprint density at radius 1 is 0.585 bits per heavy atom. The third-order valence-corrected chi connectivity index (χ3v) is 7.72. The molecule has 4 rings (SSSR count). The SMILES string of the molecule is CC1C(CO)OC(OC2C(CO)OC(OC3C(CO)OC(OCc4ccccc4)C(O)C3O)C(O)C2O)C(O)C1O. The monoisotopic (exact) mass is 592 g/mol. The van der Waals surface area contributed by atoms with Gasteiger partial charge >= 0.3 is 0 Å². The Morgan fingerprint density at radius 3 is 1.54 bits per heavy atom. The second-order valence-electron chi connectivity index (χ2n) is 10.5. The van der Waals surface area contributed by atoms with Gasteiger partial charge in [-0.05, 0) is 5.56 Å². The number of benzene rings is 1. The summed E-state index contributed by atoms with van der Waals surface area (Å²) < 4.78 is 33.6. The summed E-state index contributed by atoms with van der Waals surface area (Å²) in [5.74, 6) is -0.637. The van der Waals surface area contributed by atoms with E-state index in [-0.39, 0.29) is 6.61 Å². The van der Waals surface area contributed by atoms with Crippen LogP contribution in [0.1, 0.15) is 12.5 Å². The van der Waals surface area contributed by atoms with E-state index < -0.39 is 112 Å². The van der Waals surface area contributed by atoms with Gasteiger partial charge in [0.2, 0.25) is 0 Å². The second kappa shape index (κ2) is 14.4. The maximum absolute atomic E-state index is 10.9. The van der Waals surface area contributed by atoms with Gasteiger partial charge in [0.25, 0.3) is 0 Å².